The van der Waals surface area contributed by atoms with Crippen LogP contribution < -0.4 is 5.56 Å². The van der Waals surface area contributed by atoms with E-state index in [1.54, 1.807) is 10.7 Å². The number of piperazine rings is 1. The van der Waals surface area contributed by atoms with Crippen molar-refractivity contribution < 1.29 is 4.52 Å². The van der Waals surface area contributed by atoms with Crippen molar-refractivity contribution in [1.82, 2.24) is 24.7 Å². The number of hydrogen-bond donors (Lipinski definition) is 0. The first-order chi connectivity index (χ1) is 12.3. The summed E-state index contributed by atoms with van der Waals surface area (Å²) in [5.41, 5.74) is 1.79. The van der Waals surface area contributed by atoms with Crippen LogP contribution in [0.15, 0.2) is 27.5 Å². The van der Waals surface area contributed by atoms with E-state index in [0.717, 1.165) is 56.4 Å². The Labute approximate surface area is 154 Å². The maximum Gasteiger partial charge on any atom is 0.266 e. The van der Waals surface area contributed by atoms with Crippen LogP contribution in [0.2, 0.25) is 0 Å². The minimum absolute atomic E-state index is 0.0303. The first kappa shape index (κ1) is 18.8. The maximum absolute atomic E-state index is 12.1. The van der Waals surface area contributed by atoms with Crippen LogP contribution in [0.5, 0.6) is 0 Å². The van der Waals surface area contributed by atoms with Gasteiger partial charge in [-0.1, -0.05) is 25.9 Å². The number of rotatable bonds is 5. The second-order valence-corrected chi connectivity index (χ2v) is 8.08. The highest BCUT2D eigenvalue weighted by atomic mass is 16.5. The zero-order valence-electron chi connectivity index (χ0n) is 16.2. The molecule has 1 aliphatic heterocycles. The molecule has 0 unspecified atom stereocenters. The lowest BCUT2D eigenvalue weighted by molar-refractivity contribution is 0.114. The summed E-state index contributed by atoms with van der Waals surface area (Å²) in [6.07, 6.45) is 0. The van der Waals surface area contributed by atoms with Crippen molar-refractivity contribution in [3.63, 3.8) is 0 Å². The molecule has 0 aliphatic carbocycles. The maximum atomic E-state index is 12.1. The van der Waals surface area contributed by atoms with Crippen LogP contribution in [0.25, 0.3) is 0 Å². The van der Waals surface area contributed by atoms with Crippen molar-refractivity contribution in [2.75, 3.05) is 32.7 Å². The first-order valence-corrected chi connectivity index (χ1v) is 9.27. The molecule has 0 bridgehead atoms. The second kappa shape index (κ2) is 7.72. The SMILES string of the molecule is Cc1cc(CN2CCN(CCn3nc(C(C)(C)C)ccc3=O)CC2)on1. The van der Waals surface area contributed by atoms with E-state index < -0.39 is 0 Å². The van der Waals surface area contributed by atoms with E-state index in [2.05, 4.69) is 40.8 Å². The van der Waals surface area contributed by atoms with Gasteiger partial charge < -0.3 is 4.52 Å². The smallest absolute Gasteiger partial charge is 0.266 e. The summed E-state index contributed by atoms with van der Waals surface area (Å²) in [5, 5.41) is 8.49. The highest BCUT2D eigenvalue weighted by molar-refractivity contribution is 5.10. The Morgan fingerprint density at radius 3 is 2.38 bits per heavy atom. The summed E-state index contributed by atoms with van der Waals surface area (Å²) in [6.45, 7) is 14.5. The minimum atomic E-state index is -0.0554. The Hall–Kier alpha value is -1.99. The van der Waals surface area contributed by atoms with Gasteiger partial charge in [0.15, 0.2) is 5.76 Å². The molecular weight excluding hydrogens is 330 g/mol. The predicted octanol–water partition coefficient (Wildman–Crippen LogP) is 1.66. The van der Waals surface area contributed by atoms with Crippen molar-refractivity contribution >= 4 is 0 Å². The van der Waals surface area contributed by atoms with Gasteiger partial charge in [-0.2, -0.15) is 5.10 Å². The van der Waals surface area contributed by atoms with Crippen LogP contribution in [0.1, 0.15) is 37.9 Å². The minimum Gasteiger partial charge on any atom is -0.360 e. The van der Waals surface area contributed by atoms with Crippen LogP contribution in [-0.2, 0) is 18.5 Å². The number of aryl methyl sites for hydroxylation is 1. The van der Waals surface area contributed by atoms with Gasteiger partial charge in [0.2, 0.25) is 0 Å². The number of nitrogens with zero attached hydrogens (tertiary/aromatic N) is 5. The molecule has 0 amide bonds. The third-order valence-electron chi connectivity index (χ3n) is 4.78. The summed E-state index contributed by atoms with van der Waals surface area (Å²) >= 11 is 0. The molecule has 0 radical (unpaired) electrons. The lowest BCUT2D eigenvalue weighted by Crippen LogP contribution is -2.47. The number of hydrogen-bond acceptors (Lipinski definition) is 6. The molecule has 1 aliphatic rings. The van der Waals surface area contributed by atoms with Crippen molar-refractivity contribution in [2.45, 2.75) is 46.2 Å². The molecular formula is C19H29N5O2. The molecule has 7 nitrogen and oxygen atoms in total. The van der Waals surface area contributed by atoms with Gasteiger partial charge in [0.05, 0.1) is 24.5 Å². The molecule has 3 heterocycles. The Kier molecular flexibility index (Phi) is 5.58. The Balaban J connectivity index is 1.50. The fourth-order valence-electron chi connectivity index (χ4n) is 3.13. The van der Waals surface area contributed by atoms with Crippen LogP contribution in [0, 0.1) is 6.92 Å². The van der Waals surface area contributed by atoms with Crippen LogP contribution >= 0.6 is 0 Å². The molecule has 0 aromatic carbocycles. The quantitative estimate of drug-likeness (QED) is 0.809. The Morgan fingerprint density at radius 1 is 1.08 bits per heavy atom. The second-order valence-electron chi connectivity index (χ2n) is 8.08. The van der Waals surface area contributed by atoms with E-state index in [4.69, 9.17) is 4.52 Å². The Morgan fingerprint density at radius 2 is 1.77 bits per heavy atom. The molecule has 0 N–H and O–H groups in total. The van der Waals surface area contributed by atoms with E-state index in [9.17, 15) is 4.79 Å². The van der Waals surface area contributed by atoms with E-state index in [1.807, 2.05) is 19.1 Å². The van der Waals surface area contributed by atoms with Gasteiger partial charge >= 0.3 is 0 Å². The van der Waals surface area contributed by atoms with E-state index in [1.165, 1.54) is 0 Å². The average Bonchev–Trinajstić information content (AvgIpc) is 2.99. The van der Waals surface area contributed by atoms with E-state index in [0.29, 0.717) is 6.54 Å². The van der Waals surface area contributed by atoms with Crippen LogP contribution in [-0.4, -0.2) is 57.5 Å². The van der Waals surface area contributed by atoms with Gasteiger partial charge in [0.1, 0.15) is 0 Å². The predicted molar refractivity (Wildman–Crippen MR) is 100 cm³/mol. The normalized spacial score (nSPS) is 16.9. The molecule has 0 saturated carbocycles. The van der Waals surface area contributed by atoms with Crippen molar-refractivity contribution in [2.24, 2.45) is 0 Å². The molecule has 142 valence electrons. The van der Waals surface area contributed by atoms with Gasteiger partial charge in [0, 0.05) is 50.3 Å². The summed E-state index contributed by atoms with van der Waals surface area (Å²) in [7, 11) is 0. The molecule has 1 saturated heterocycles. The average molecular weight is 359 g/mol. The van der Waals surface area contributed by atoms with Gasteiger partial charge in [-0.3, -0.25) is 14.6 Å². The topological polar surface area (TPSA) is 67.4 Å². The van der Waals surface area contributed by atoms with Crippen molar-refractivity contribution in [3.05, 3.63) is 45.7 Å². The molecule has 3 rings (SSSR count). The fourth-order valence-corrected chi connectivity index (χ4v) is 3.13. The molecule has 2 aromatic rings. The van der Waals surface area contributed by atoms with Crippen LogP contribution in [0.4, 0.5) is 0 Å². The largest absolute Gasteiger partial charge is 0.360 e. The third-order valence-corrected chi connectivity index (χ3v) is 4.78. The van der Waals surface area contributed by atoms with Crippen LogP contribution in [0.3, 0.4) is 0 Å². The van der Waals surface area contributed by atoms with Crippen molar-refractivity contribution in [3.8, 4) is 0 Å². The molecule has 2 aromatic heterocycles. The molecule has 1 fully saturated rings. The Bertz CT molecular complexity index is 782. The summed E-state index contributed by atoms with van der Waals surface area (Å²) in [5.74, 6) is 0.922. The lowest BCUT2D eigenvalue weighted by atomic mass is 9.92. The highest BCUT2D eigenvalue weighted by Gasteiger charge is 2.19. The number of aromatic nitrogens is 3. The van der Waals surface area contributed by atoms with Gasteiger partial charge in [-0.05, 0) is 13.0 Å². The molecule has 7 heteroatoms. The molecule has 0 atom stereocenters. The van der Waals surface area contributed by atoms with Crippen molar-refractivity contribution in [1.29, 1.82) is 0 Å². The first-order valence-electron chi connectivity index (χ1n) is 9.27. The highest BCUT2D eigenvalue weighted by Crippen LogP contribution is 2.18. The summed E-state index contributed by atoms with van der Waals surface area (Å²) in [6, 6.07) is 5.46. The zero-order valence-corrected chi connectivity index (χ0v) is 16.2. The summed E-state index contributed by atoms with van der Waals surface area (Å²) < 4.78 is 6.90. The standard InChI is InChI=1S/C19H29N5O2/c1-15-13-16(26-21-15)14-23-9-7-22(8-10-23)11-12-24-18(25)6-5-17(20-24)19(2,3)4/h5-6,13H,7-12,14H2,1-4H3. The zero-order chi connectivity index (χ0) is 18.7. The summed E-state index contributed by atoms with van der Waals surface area (Å²) in [4.78, 5) is 16.9. The molecule has 26 heavy (non-hydrogen) atoms. The lowest BCUT2D eigenvalue weighted by Gasteiger charge is -2.34. The molecule has 0 spiro atoms. The van der Waals surface area contributed by atoms with Gasteiger partial charge in [0.25, 0.3) is 5.56 Å². The van der Waals surface area contributed by atoms with E-state index >= 15 is 0 Å². The monoisotopic (exact) mass is 359 g/mol. The van der Waals surface area contributed by atoms with Gasteiger partial charge in [-0.25, -0.2) is 4.68 Å². The third kappa shape index (κ3) is 4.80. The van der Waals surface area contributed by atoms with Gasteiger partial charge in [-0.15, -0.1) is 0 Å². The van der Waals surface area contributed by atoms with E-state index in [-0.39, 0.29) is 11.0 Å². The fraction of sp³-hybridized carbons (Fsp3) is 0.632.